The van der Waals surface area contributed by atoms with Crippen molar-refractivity contribution >= 4 is 11.6 Å². The molecule has 0 saturated heterocycles. The summed E-state index contributed by atoms with van der Waals surface area (Å²) in [5.74, 6) is -3.18. The highest BCUT2D eigenvalue weighted by Gasteiger charge is 2.35. The second kappa shape index (κ2) is 3.73. The van der Waals surface area contributed by atoms with Gasteiger partial charge < -0.3 is 0 Å². The second-order valence-corrected chi connectivity index (χ2v) is 2.83. The summed E-state index contributed by atoms with van der Waals surface area (Å²) in [7, 11) is 0. The first kappa shape index (κ1) is 11.2. The number of rotatable bonds is 1. The molecular formula is C8H4ClF5. The molecule has 0 saturated carbocycles. The van der Waals surface area contributed by atoms with Crippen LogP contribution in [0, 0.1) is 11.6 Å². The summed E-state index contributed by atoms with van der Waals surface area (Å²) in [6.07, 6.45) is -4.91. The molecule has 0 aliphatic carbocycles. The Hall–Kier alpha value is -0.840. The number of hydrogen-bond acceptors (Lipinski definition) is 0. The van der Waals surface area contributed by atoms with Crippen LogP contribution >= 0.6 is 11.6 Å². The van der Waals surface area contributed by atoms with Gasteiger partial charge in [-0.2, -0.15) is 13.2 Å². The van der Waals surface area contributed by atoms with E-state index in [9.17, 15) is 22.0 Å². The maximum atomic E-state index is 13.0. The zero-order valence-electron chi connectivity index (χ0n) is 6.63. The molecule has 0 aliphatic heterocycles. The van der Waals surface area contributed by atoms with Gasteiger partial charge in [0.05, 0.1) is 11.4 Å². The molecule has 0 atom stereocenters. The Morgan fingerprint density at radius 2 is 1.71 bits per heavy atom. The fraction of sp³-hybridized carbons (Fsp3) is 0.250. The van der Waals surface area contributed by atoms with Crippen molar-refractivity contribution in [2.45, 2.75) is 12.1 Å². The van der Waals surface area contributed by atoms with Gasteiger partial charge in [-0.15, -0.1) is 11.6 Å². The lowest BCUT2D eigenvalue weighted by atomic mass is 10.1. The van der Waals surface area contributed by atoms with Crippen molar-refractivity contribution in [3.8, 4) is 0 Å². The van der Waals surface area contributed by atoms with Gasteiger partial charge in [0, 0.05) is 5.56 Å². The van der Waals surface area contributed by atoms with E-state index in [1.54, 1.807) is 0 Å². The van der Waals surface area contributed by atoms with Gasteiger partial charge in [0.15, 0.2) is 0 Å². The summed E-state index contributed by atoms with van der Waals surface area (Å²) in [5, 5.41) is 0. The van der Waals surface area contributed by atoms with Gasteiger partial charge in [-0.3, -0.25) is 0 Å². The molecule has 6 heteroatoms. The highest BCUT2D eigenvalue weighted by atomic mass is 35.5. The average molecular weight is 231 g/mol. The highest BCUT2D eigenvalue weighted by Crippen LogP contribution is 2.33. The van der Waals surface area contributed by atoms with E-state index in [4.69, 9.17) is 11.6 Å². The van der Waals surface area contributed by atoms with E-state index in [0.717, 1.165) is 0 Å². The molecule has 0 N–H and O–H groups in total. The Morgan fingerprint density at radius 1 is 1.14 bits per heavy atom. The summed E-state index contributed by atoms with van der Waals surface area (Å²) in [5.41, 5.74) is -2.13. The zero-order valence-corrected chi connectivity index (χ0v) is 7.39. The minimum atomic E-state index is -4.91. The third-order valence-electron chi connectivity index (χ3n) is 1.56. The Labute approximate surface area is 81.3 Å². The van der Waals surface area contributed by atoms with E-state index < -0.39 is 34.8 Å². The van der Waals surface area contributed by atoms with Crippen molar-refractivity contribution in [2.75, 3.05) is 0 Å². The molecule has 0 heterocycles. The fourth-order valence-corrected chi connectivity index (χ4v) is 1.14. The van der Waals surface area contributed by atoms with Gasteiger partial charge in [0.25, 0.3) is 0 Å². The van der Waals surface area contributed by atoms with Crippen molar-refractivity contribution in [1.82, 2.24) is 0 Å². The van der Waals surface area contributed by atoms with E-state index in [-0.39, 0.29) is 6.07 Å². The van der Waals surface area contributed by atoms with Crippen LogP contribution in [0.5, 0.6) is 0 Å². The number of halogens is 6. The van der Waals surface area contributed by atoms with Crippen molar-refractivity contribution in [3.05, 3.63) is 34.9 Å². The molecule has 0 aromatic heterocycles. The smallest absolute Gasteiger partial charge is 0.207 e. The van der Waals surface area contributed by atoms with Gasteiger partial charge in [-0.1, -0.05) is 0 Å². The third kappa shape index (κ3) is 2.15. The molecule has 1 aromatic rings. The van der Waals surface area contributed by atoms with Crippen LogP contribution in [-0.2, 0) is 12.1 Å². The largest absolute Gasteiger partial charge is 0.419 e. The van der Waals surface area contributed by atoms with Gasteiger partial charge in [-0.25, -0.2) is 8.78 Å². The van der Waals surface area contributed by atoms with Gasteiger partial charge in [0.2, 0.25) is 0 Å². The number of alkyl halides is 4. The van der Waals surface area contributed by atoms with Crippen molar-refractivity contribution in [2.24, 2.45) is 0 Å². The van der Waals surface area contributed by atoms with Gasteiger partial charge in [-0.05, 0) is 12.1 Å². The minimum absolute atomic E-state index is 0.103. The summed E-state index contributed by atoms with van der Waals surface area (Å²) in [6.45, 7) is 0. The topological polar surface area (TPSA) is 0 Å². The summed E-state index contributed by atoms with van der Waals surface area (Å²) in [4.78, 5) is 0. The Balaban J connectivity index is 3.37. The van der Waals surface area contributed by atoms with E-state index in [0.29, 0.717) is 6.07 Å². The molecule has 0 radical (unpaired) electrons. The highest BCUT2D eigenvalue weighted by molar-refractivity contribution is 6.17. The normalized spacial score (nSPS) is 11.9. The van der Waals surface area contributed by atoms with Gasteiger partial charge in [0.1, 0.15) is 11.6 Å². The van der Waals surface area contributed by atoms with Crippen molar-refractivity contribution in [3.63, 3.8) is 0 Å². The molecule has 14 heavy (non-hydrogen) atoms. The molecule has 1 aromatic carbocycles. The summed E-state index contributed by atoms with van der Waals surface area (Å²) < 4.78 is 61.9. The summed E-state index contributed by atoms with van der Waals surface area (Å²) in [6, 6.07) is 0.739. The molecule has 0 nitrogen and oxygen atoms in total. The molecule has 1 rings (SSSR count). The number of hydrogen-bond donors (Lipinski definition) is 0. The first-order valence-corrected chi connectivity index (χ1v) is 4.00. The van der Waals surface area contributed by atoms with E-state index in [1.165, 1.54) is 0 Å². The van der Waals surface area contributed by atoms with Crippen LogP contribution in [0.4, 0.5) is 22.0 Å². The lowest BCUT2D eigenvalue weighted by Gasteiger charge is -2.10. The molecule has 0 amide bonds. The standard InChI is InChI=1S/C8H4ClF5/c9-3-4-1-5(10)2-6(7(4)11)8(12,13)14/h1-2H,3H2. The third-order valence-corrected chi connectivity index (χ3v) is 1.85. The van der Waals surface area contributed by atoms with Crippen molar-refractivity contribution in [1.29, 1.82) is 0 Å². The average Bonchev–Trinajstić information content (AvgIpc) is 2.06. The predicted molar refractivity (Wildman–Crippen MR) is 40.9 cm³/mol. The number of benzene rings is 1. The van der Waals surface area contributed by atoms with E-state index in [2.05, 4.69) is 0 Å². The van der Waals surface area contributed by atoms with Crippen LogP contribution in [0.15, 0.2) is 12.1 Å². The first-order chi connectivity index (χ1) is 6.36. The first-order valence-electron chi connectivity index (χ1n) is 3.47. The monoisotopic (exact) mass is 230 g/mol. The SMILES string of the molecule is Fc1cc(CCl)c(F)c(C(F)(F)F)c1. The Kier molecular flexibility index (Phi) is 2.99. The van der Waals surface area contributed by atoms with Crippen LogP contribution in [0.25, 0.3) is 0 Å². The molecule has 0 aliphatic rings. The summed E-state index contributed by atoms with van der Waals surface area (Å²) >= 11 is 5.15. The predicted octanol–water partition coefficient (Wildman–Crippen LogP) is 3.72. The fourth-order valence-electron chi connectivity index (χ4n) is 0.949. The molecule has 0 fully saturated rings. The maximum absolute atomic E-state index is 13.0. The lowest BCUT2D eigenvalue weighted by Crippen LogP contribution is -2.10. The van der Waals surface area contributed by atoms with Crippen LogP contribution in [0.1, 0.15) is 11.1 Å². The van der Waals surface area contributed by atoms with E-state index in [1.807, 2.05) is 0 Å². The van der Waals surface area contributed by atoms with Crippen LogP contribution in [0.3, 0.4) is 0 Å². The lowest BCUT2D eigenvalue weighted by molar-refractivity contribution is -0.140. The quantitative estimate of drug-likeness (QED) is 0.509. The molecule has 78 valence electrons. The maximum Gasteiger partial charge on any atom is 0.419 e. The Bertz CT molecular complexity index is 344. The molecule has 0 unspecified atom stereocenters. The van der Waals surface area contributed by atoms with Crippen molar-refractivity contribution < 1.29 is 22.0 Å². The minimum Gasteiger partial charge on any atom is -0.207 e. The second-order valence-electron chi connectivity index (χ2n) is 2.56. The van der Waals surface area contributed by atoms with Crippen LogP contribution in [-0.4, -0.2) is 0 Å². The van der Waals surface area contributed by atoms with Gasteiger partial charge >= 0.3 is 6.18 Å². The molecule has 0 spiro atoms. The molecule has 0 bridgehead atoms. The van der Waals surface area contributed by atoms with Crippen LogP contribution in [0.2, 0.25) is 0 Å². The molecular weight excluding hydrogens is 227 g/mol. The van der Waals surface area contributed by atoms with Crippen LogP contribution < -0.4 is 0 Å². The Morgan fingerprint density at radius 3 is 2.14 bits per heavy atom. The zero-order chi connectivity index (χ0) is 10.9. The van der Waals surface area contributed by atoms with E-state index >= 15 is 0 Å².